The molecule has 0 radical (unpaired) electrons. The molecule has 0 aliphatic heterocycles. The lowest BCUT2D eigenvalue weighted by atomic mass is 10.3. The predicted molar refractivity (Wildman–Crippen MR) is 101 cm³/mol. The van der Waals surface area contributed by atoms with Gasteiger partial charge in [-0.05, 0) is 25.0 Å². The number of H-pyrrole nitrogens is 1. The third-order valence-corrected chi connectivity index (χ3v) is 4.71. The number of imidazole rings is 1. The number of amides is 1. The average Bonchev–Trinajstić information content (AvgIpc) is 3.36. The second kappa shape index (κ2) is 6.84. The molecule has 9 heteroatoms. The van der Waals surface area contributed by atoms with Gasteiger partial charge in [-0.1, -0.05) is 12.1 Å². The molecule has 1 amide bonds. The smallest absolute Gasteiger partial charge is 0.240 e. The molecule has 0 spiro atoms. The summed E-state index contributed by atoms with van der Waals surface area (Å²) in [4.78, 5) is 29.8. The second-order valence-corrected chi connectivity index (χ2v) is 6.79. The van der Waals surface area contributed by atoms with Crippen molar-refractivity contribution in [2.24, 2.45) is 0 Å². The van der Waals surface area contributed by atoms with Crippen LogP contribution in [0.15, 0.2) is 42.9 Å². The number of rotatable bonds is 6. The van der Waals surface area contributed by atoms with E-state index in [2.05, 4.69) is 30.5 Å². The quantitative estimate of drug-likeness (QED) is 0.532. The number of nitrogens with zero attached hydrogens (tertiary/aromatic N) is 6. The minimum Gasteiger partial charge on any atom is -0.347 e. The fourth-order valence-corrected chi connectivity index (χ4v) is 3.20. The van der Waals surface area contributed by atoms with E-state index in [0.29, 0.717) is 23.3 Å². The molecule has 1 aromatic carbocycles. The van der Waals surface area contributed by atoms with E-state index in [1.165, 1.54) is 0 Å². The Bertz CT molecular complexity index is 1130. The SMILES string of the molecule is O=C(Cn1c(C2CC2)nc2ccccc21)NCc1nc(-c2cnccn2)n[nH]1. The maximum atomic E-state index is 12.6. The van der Waals surface area contributed by atoms with Crippen LogP contribution >= 0.6 is 0 Å². The van der Waals surface area contributed by atoms with Crippen LogP contribution in [0, 0.1) is 0 Å². The van der Waals surface area contributed by atoms with Gasteiger partial charge in [-0.3, -0.25) is 14.9 Å². The van der Waals surface area contributed by atoms with Crippen LogP contribution in [0.2, 0.25) is 0 Å². The minimum absolute atomic E-state index is 0.0949. The van der Waals surface area contributed by atoms with Crippen molar-refractivity contribution >= 4 is 16.9 Å². The molecule has 9 nitrogen and oxygen atoms in total. The van der Waals surface area contributed by atoms with Crippen LogP contribution in [0.25, 0.3) is 22.6 Å². The molecule has 1 aliphatic carbocycles. The van der Waals surface area contributed by atoms with Gasteiger partial charge in [0.05, 0.1) is 23.8 Å². The Kier molecular flexibility index (Phi) is 4.04. The third-order valence-electron chi connectivity index (χ3n) is 4.71. The zero-order valence-electron chi connectivity index (χ0n) is 15.0. The van der Waals surface area contributed by atoms with Crippen molar-refractivity contribution in [2.45, 2.75) is 31.8 Å². The van der Waals surface area contributed by atoms with Crippen LogP contribution in [0.1, 0.15) is 30.4 Å². The molecule has 1 fully saturated rings. The van der Waals surface area contributed by atoms with E-state index in [1.54, 1.807) is 18.6 Å². The van der Waals surface area contributed by atoms with Gasteiger partial charge in [0.1, 0.15) is 23.9 Å². The van der Waals surface area contributed by atoms with E-state index in [1.807, 2.05) is 28.8 Å². The van der Waals surface area contributed by atoms with Gasteiger partial charge in [-0.25, -0.2) is 15.0 Å². The number of carbonyl (C=O) groups excluding carboxylic acids is 1. The summed E-state index contributed by atoms with van der Waals surface area (Å²) in [6, 6.07) is 7.93. The van der Waals surface area contributed by atoms with Crippen LogP contribution in [0.4, 0.5) is 0 Å². The summed E-state index contributed by atoms with van der Waals surface area (Å²) in [7, 11) is 0. The van der Waals surface area contributed by atoms with Crippen molar-refractivity contribution in [3.05, 3.63) is 54.5 Å². The van der Waals surface area contributed by atoms with Gasteiger partial charge in [0.2, 0.25) is 11.7 Å². The molecule has 0 atom stereocenters. The van der Waals surface area contributed by atoms with E-state index in [0.717, 1.165) is 29.7 Å². The number of hydrogen-bond acceptors (Lipinski definition) is 6. The van der Waals surface area contributed by atoms with Crippen molar-refractivity contribution in [2.75, 3.05) is 0 Å². The fourth-order valence-electron chi connectivity index (χ4n) is 3.20. The number of para-hydroxylation sites is 2. The highest BCUT2D eigenvalue weighted by atomic mass is 16.1. The molecule has 3 aromatic heterocycles. The van der Waals surface area contributed by atoms with Crippen LogP contribution in [0.3, 0.4) is 0 Å². The van der Waals surface area contributed by atoms with Gasteiger partial charge in [-0.15, -0.1) is 0 Å². The Labute approximate surface area is 160 Å². The monoisotopic (exact) mass is 374 g/mol. The summed E-state index contributed by atoms with van der Waals surface area (Å²) in [5.74, 6) is 2.38. The third kappa shape index (κ3) is 3.22. The first-order chi connectivity index (χ1) is 13.8. The molecule has 140 valence electrons. The maximum Gasteiger partial charge on any atom is 0.240 e. The number of carbonyl (C=O) groups is 1. The largest absolute Gasteiger partial charge is 0.347 e. The van der Waals surface area contributed by atoms with Crippen molar-refractivity contribution < 1.29 is 4.79 Å². The van der Waals surface area contributed by atoms with Crippen LogP contribution in [0.5, 0.6) is 0 Å². The molecule has 1 aliphatic rings. The maximum absolute atomic E-state index is 12.6. The molecule has 28 heavy (non-hydrogen) atoms. The number of benzene rings is 1. The summed E-state index contributed by atoms with van der Waals surface area (Å²) >= 11 is 0. The summed E-state index contributed by atoms with van der Waals surface area (Å²) in [5.41, 5.74) is 2.50. The molecule has 5 rings (SSSR count). The first-order valence-electron chi connectivity index (χ1n) is 9.17. The van der Waals surface area contributed by atoms with Gasteiger partial charge >= 0.3 is 0 Å². The number of aromatic amines is 1. The van der Waals surface area contributed by atoms with Crippen molar-refractivity contribution in [1.82, 2.24) is 40.0 Å². The number of hydrogen-bond donors (Lipinski definition) is 2. The molecular weight excluding hydrogens is 356 g/mol. The van der Waals surface area contributed by atoms with Crippen molar-refractivity contribution in [1.29, 1.82) is 0 Å². The zero-order chi connectivity index (χ0) is 18.9. The predicted octanol–water partition coefficient (Wildman–Crippen LogP) is 1.81. The summed E-state index contributed by atoms with van der Waals surface area (Å²) < 4.78 is 2.02. The van der Waals surface area contributed by atoms with Crippen molar-refractivity contribution in [3.8, 4) is 11.5 Å². The number of nitrogens with one attached hydrogen (secondary N) is 2. The van der Waals surface area contributed by atoms with E-state index < -0.39 is 0 Å². The van der Waals surface area contributed by atoms with Gasteiger partial charge < -0.3 is 9.88 Å². The lowest BCUT2D eigenvalue weighted by Crippen LogP contribution is -2.28. The van der Waals surface area contributed by atoms with Gasteiger partial charge in [0.15, 0.2) is 0 Å². The normalized spacial score (nSPS) is 13.7. The number of aromatic nitrogens is 7. The van der Waals surface area contributed by atoms with E-state index >= 15 is 0 Å². The summed E-state index contributed by atoms with van der Waals surface area (Å²) in [6.07, 6.45) is 7.03. The van der Waals surface area contributed by atoms with Gasteiger partial charge in [0, 0.05) is 18.3 Å². The Morgan fingerprint density at radius 3 is 2.93 bits per heavy atom. The standard InChI is InChI=1S/C19H18N8O/c28-17(22-10-16-24-18(26-25-16)14-9-20-7-8-21-14)11-27-15-4-2-1-3-13(15)23-19(27)12-5-6-12/h1-4,7-9,12H,5-6,10-11H2,(H,22,28)(H,24,25,26). The Hall–Kier alpha value is -3.62. The van der Waals surface area contributed by atoms with Crippen LogP contribution in [-0.2, 0) is 17.9 Å². The highest BCUT2D eigenvalue weighted by molar-refractivity contribution is 5.81. The molecular formula is C19H18N8O. The Morgan fingerprint density at radius 2 is 2.11 bits per heavy atom. The minimum atomic E-state index is -0.0949. The molecule has 3 heterocycles. The Morgan fingerprint density at radius 1 is 1.21 bits per heavy atom. The molecule has 2 N–H and O–H groups in total. The molecule has 0 bridgehead atoms. The summed E-state index contributed by atoms with van der Waals surface area (Å²) in [5, 5.41) is 9.84. The fraction of sp³-hybridized carbons (Fsp3) is 0.263. The molecule has 0 unspecified atom stereocenters. The number of fused-ring (bicyclic) bond motifs is 1. The van der Waals surface area contributed by atoms with E-state index in [9.17, 15) is 4.79 Å². The first-order valence-corrected chi connectivity index (χ1v) is 9.17. The lowest BCUT2D eigenvalue weighted by Gasteiger charge is -2.09. The van der Waals surface area contributed by atoms with E-state index in [4.69, 9.17) is 4.98 Å². The first kappa shape index (κ1) is 16.5. The Balaban J connectivity index is 1.28. The van der Waals surface area contributed by atoms with Crippen molar-refractivity contribution in [3.63, 3.8) is 0 Å². The second-order valence-electron chi connectivity index (χ2n) is 6.79. The zero-order valence-corrected chi connectivity index (χ0v) is 15.0. The van der Waals surface area contributed by atoms with E-state index in [-0.39, 0.29) is 19.0 Å². The van der Waals surface area contributed by atoms with Crippen LogP contribution in [-0.4, -0.2) is 40.6 Å². The van der Waals surface area contributed by atoms with Gasteiger partial charge in [-0.2, -0.15) is 5.10 Å². The van der Waals surface area contributed by atoms with Gasteiger partial charge in [0.25, 0.3) is 0 Å². The average molecular weight is 374 g/mol. The molecule has 0 saturated heterocycles. The highest BCUT2D eigenvalue weighted by Gasteiger charge is 2.30. The topological polar surface area (TPSA) is 114 Å². The molecule has 4 aromatic rings. The summed E-state index contributed by atoms with van der Waals surface area (Å²) in [6.45, 7) is 0.495. The lowest BCUT2D eigenvalue weighted by molar-refractivity contribution is -0.121. The molecule has 1 saturated carbocycles. The van der Waals surface area contributed by atoms with Crippen LogP contribution < -0.4 is 5.32 Å². The highest BCUT2D eigenvalue weighted by Crippen LogP contribution is 2.40.